The third kappa shape index (κ3) is 3.19. The van der Waals surface area contributed by atoms with E-state index >= 15 is 0 Å². The standard InChI is InChI=1S/C19H20N2O4/c1-2-11-10-15(22)25-18-16(11)17(23)20-19(21-18)24-8-4-7-13-9-14(13)12-5-3-6-12/h10,12-14H,2-3,5-6,8-9H2,1H3,(H,20,21,23). The van der Waals surface area contributed by atoms with E-state index in [9.17, 15) is 9.59 Å². The van der Waals surface area contributed by atoms with Crippen molar-refractivity contribution in [2.75, 3.05) is 6.61 Å². The number of fused-ring (bicyclic) bond motifs is 1. The van der Waals surface area contributed by atoms with Gasteiger partial charge in [-0.15, -0.1) is 0 Å². The Labute approximate surface area is 144 Å². The molecule has 0 aliphatic heterocycles. The van der Waals surface area contributed by atoms with Crippen LogP contribution >= 0.6 is 0 Å². The van der Waals surface area contributed by atoms with E-state index < -0.39 is 5.63 Å². The minimum absolute atomic E-state index is 0.00306. The number of nitrogens with zero attached hydrogens (tertiary/aromatic N) is 1. The zero-order valence-corrected chi connectivity index (χ0v) is 14.1. The van der Waals surface area contributed by atoms with E-state index in [0.717, 1.165) is 11.8 Å². The highest BCUT2D eigenvalue weighted by molar-refractivity contribution is 5.75. The van der Waals surface area contributed by atoms with Gasteiger partial charge < -0.3 is 9.15 Å². The Morgan fingerprint density at radius 3 is 2.96 bits per heavy atom. The summed E-state index contributed by atoms with van der Waals surface area (Å²) >= 11 is 0. The SMILES string of the molecule is CCc1cc(=O)oc2nc(OCC#CC3CC3C3CCC3)[nH]c(=O)c12. The van der Waals surface area contributed by atoms with Gasteiger partial charge in [-0.05, 0) is 30.2 Å². The van der Waals surface area contributed by atoms with Crippen molar-refractivity contribution in [2.24, 2.45) is 17.8 Å². The first kappa shape index (κ1) is 15.9. The van der Waals surface area contributed by atoms with Gasteiger partial charge in [0.05, 0.1) is 0 Å². The predicted octanol–water partition coefficient (Wildman–Crippen LogP) is 2.26. The summed E-state index contributed by atoms with van der Waals surface area (Å²) < 4.78 is 10.5. The molecule has 2 heterocycles. The second kappa shape index (κ2) is 6.40. The smallest absolute Gasteiger partial charge is 0.337 e. The maximum absolute atomic E-state index is 12.2. The van der Waals surface area contributed by atoms with Gasteiger partial charge in [0.1, 0.15) is 5.39 Å². The Balaban J connectivity index is 1.45. The number of hydrogen-bond acceptors (Lipinski definition) is 5. The van der Waals surface area contributed by atoms with Crippen molar-refractivity contribution in [1.82, 2.24) is 9.97 Å². The summed E-state index contributed by atoms with van der Waals surface area (Å²) in [5.74, 6) is 8.41. The van der Waals surface area contributed by atoms with Gasteiger partial charge in [-0.3, -0.25) is 9.78 Å². The molecule has 2 aromatic rings. The van der Waals surface area contributed by atoms with E-state index in [1.54, 1.807) is 0 Å². The van der Waals surface area contributed by atoms with Gasteiger partial charge in [0.25, 0.3) is 5.56 Å². The van der Waals surface area contributed by atoms with Gasteiger partial charge in [0.15, 0.2) is 6.61 Å². The summed E-state index contributed by atoms with van der Waals surface area (Å²) in [6, 6.07) is 1.34. The number of aromatic nitrogens is 2. The number of nitrogens with one attached hydrogen (secondary N) is 1. The van der Waals surface area contributed by atoms with E-state index in [2.05, 4.69) is 21.8 Å². The van der Waals surface area contributed by atoms with Crippen molar-refractivity contribution in [3.8, 4) is 17.9 Å². The van der Waals surface area contributed by atoms with Crippen LogP contribution in [0.4, 0.5) is 0 Å². The molecule has 6 heteroatoms. The van der Waals surface area contributed by atoms with Gasteiger partial charge in [-0.2, -0.15) is 4.98 Å². The molecular formula is C19H20N2O4. The fraction of sp³-hybridized carbons (Fsp3) is 0.526. The molecule has 2 aromatic heterocycles. The topological polar surface area (TPSA) is 85.2 Å². The van der Waals surface area contributed by atoms with Crippen LogP contribution < -0.4 is 15.9 Å². The Kier molecular flexibility index (Phi) is 4.08. The van der Waals surface area contributed by atoms with Gasteiger partial charge in [-0.1, -0.05) is 38.0 Å². The molecule has 0 aromatic carbocycles. The summed E-state index contributed by atoms with van der Waals surface area (Å²) in [5, 5.41) is 0.293. The Morgan fingerprint density at radius 1 is 1.40 bits per heavy atom. The number of ether oxygens (including phenoxy) is 1. The zero-order valence-electron chi connectivity index (χ0n) is 14.1. The lowest BCUT2D eigenvalue weighted by Crippen LogP contribution is -2.15. The fourth-order valence-corrected chi connectivity index (χ4v) is 3.52. The highest BCUT2D eigenvalue weighted by Crippen LogP contribution is 2.51. The summed E-state index contributed by atoms with van der Waals surface area (Å²) in [7, 11) is 0. The van der Waals surface area contributed by atoms with Crippen molar-refractivity contribution >= 4 is 11.1 Å². The molecule has 2 aliphatic rings. The molecule has 25 heavy (non-hydrogen) atoms. The number of aromatic amines is 1. The lowest BCUT2D eigenvalue weighted by atomic mass is 9.81. The van der Waals surface area contributed by atoms with Gasteiger partial charge in [0, 0.05) is 12.0 Å². The summed E-state index contributed by atoms with van der Waals surface area (Å²) in [4.78, 5) is 30.5. The Bertz CT molecular complexity index is 975. The molecule has 0 saturated heterocycles. The molecular weight excluding hydrogens is 320 g/mol. The average Bonchev–Trinajstić information content (AvgIpc) is 3.27. The third-order valence-corrected chi connectivity index (χ3v) is 5.22. The third-order valence-electron chi connectivity index (χ3n) is 5.22. The van der Waals surface area contributed by atoms with Crippen molar-refractivity contribution in [2.45, 2.75) is 39.0 Å². The second-order valence-corrected chi connectivity index (χ2v) is 6.80. The van der Waals surface area contributed by atoms with Gasteiger partial charge >= 0.3 is 11.6 Å². The van der Waals surface area contributed by atoms with Crippen molar-refractivity contribution in [3.63, 3.8) is 0 Å². The van der Waals surface area contributed by atoms with Crippen molar-refractivity contribution < 1.29 is 9.15 Å². The first-order valence-electron chi connectivity index (χ1n) is 8.84. The lowest BCUT2D eigenvalue weighted by molar-refractivity contribution is 0.272. The van der Waals surface area contributed by atoms with Crippen LogP contribution in [0, 0.1) is 29.6 Å². The first-order chi connectivity index (χ1) is 12.2. The van der Waals surface area contributed by atoms with Crippen LogP contribution in [0.25, 0.3) is 11.1 Å². The normalized spacial score (nSPS) is 22.1. The fourth-order valence-electron chi connectivity index (χ4n) is 3.52. The molecule has 6 nitrogen and oxygen atoms in total. The maximum Gasteiger partial charge on any atom is 0.337 e. The molecule has 130 valence electrons. The van der Waals surface area contributed by atoms with E-state index in [0.29, 0.717) is 23.3 Å². The molecule has 4 rings (SSSR count). The highest BCUT2D eigenvalue weighted by atomic mass is 16.5. The van der Waals surface area contributed by atoms with E-state index in [1.165, 1.54) is 31.7 Å². The van der Waals surface area contributed by atoms with Crippen LogP contribution in [-0.2, 0) is 6.42 Å². The quantitative estimate of drug-likeness (QED) is 0.863. The van der Waals surface area contributed by atoms with Crippen LogP contribution in [0.3, 0.4) is 0 Å². The number of H-pyrrole nitrogens is 1. The molecule has 2 fully saturated rings. The van der Waals surface area contributed by atoms with Crippen LogP contribution in [0.1, 0.15) is 38.2 Å². The molecule has 0 bridgehead atoms. The molecule has 0 amide bonds. The van der Waals surface area contributed by atoms with Crippen LogP contribution in [0.15, 0.2) is 20.1 Å². The van der Waals surface area contributed by atoms with Gasteiger partial charge in [0.2, 0.25) is 5.71 Å². The maximum atomic E-state index is 12.2. The van der Waals surface area contributed by atoms with Crippen molar-refractivity contribution in [3.05, 3.63) is 32.4 Å². The van der Waals surface area contributed by atoms with Gasteiger partial charge in [-0.25, -0.2) is 4.79 Å². The minimum atomic E-state index is -0.524. The summed E-state index contributed by atoms with van der Waals surface area (Å²) in [6.45, 7) is 2.02. The van der Waals surface area contributed by atoms with E-state index in [1.807, 2.05) is 6.92 Å². The minimum Gasteiger partial charge on any atom is -0.451 e. The number of hydrogen-bond donors (Lipinski definition) is 1. The molecule has 2 unspecified atom stereocenters. The van der Waals surface area contributed by atoms with E-state index in [4.69, 9.17) is 9.15 Å². The Hall–Kier alpha value is -2.55. The van der Waals surface area contributed by atoms with E-state index in [-0.39, 0.29) is 23.9 Å². The molecule has 0 spiro atoms. The first-order valence-corrected chi connectivity index (χ1v) is 8.84. The van der Waals surface area contributed by atoms with Crippen LogP contribution in [-0.4, -0.2) is 16.6 Å². The lowest BCUT2D eigenvalue weighted by Gasteiger charge is -2.24. The second-order valence-electron chi connectivity index (χ2n) is 6.80. The van der Waals surface area contributed by atoms with Crippen molar-refractivity contribution in [1.29, 1.82) is 0 Å². The summed E-state index contributed by atoms with van der Waals surface area (Å²) in [5.41, 5.74) is -0.282. The molecule has 1 N–H and O–H groups in total. The Morgan fingerprint density at radius 2 is 2.24 bits per heavy atom. The molecule has 2 atom stereocenters. The molecule has 2 saturated carbocycles. The molecule has 2 aliphatic carbocycles. The monoisotopic (exact) mass is 340 g/mol. The number of aryl methyl sites for hydroxylation is 1. The molecule has 0 radical (unpaired) electrons. The average molecular weight is 340 g/mol. The zero-order chi connectivity index (χ0) is 17.4. The van der Waals surface area contributed by atoms with Crippen LogP contribution in [0.2, 0.25) is 0 Å². The summed E-state index contributed by atoms with van der Waals surface area (Å²) in [6.07, 6.45) is 5.82. The highest BCUT2D eigenvalue weighted by Gasteiger charge is 2.43. The largest absolute Gasteiger partial charge is 0.451 e. The number of rotatable bonds is 4. The van der Waals surface area contributed by atoms with Crippen LogP contribution in [0.5, 0.6) is 6.01 Å². The predicted molar refractivity (Wildman–Crippen MR) is 92.5 cm³/mol.